The van der Waals surface area contributed by atoms with Gasteiger partial charge in [0.1, 0.15) is 5.70 Å². The van der Waals surface area contributed by atoms with Gasteiger partial charge in [-0.1, -0.05) is 0 Å². The van der Waals surface area contributed by atoms with Gasteiger partial charge < -0.3 is 19.5 Å². The Morgan fingerprint density at radius 1 is 1.22 bits per heavy atom. The van der Waals surface area contributed by atoms with Crippen LogP contribution in [0.25, 0.3) is 0 Å². The molecule has 124 valence electrons. The molecule has 0 unspecified atom stereocenters. The lowest BCUT2D eigenvalue weighted by atomic mass is 10.1. The summed E-state index contributed by atoms with van der Waals surface area (Å²) < 4.78 is 14.9. The summed E-state index contributed by atoms with van der Waals surface area (Å²) in [4.78, 5) is 35.2. The van der Waals surface area contributed by atoms with Crippen LogP contribution in [-0.2, 0) is 23.8 Å². The van der Waals surface area contributed by atoms with Crippen LogP contribution in [-0.4, -0.2) is 38.7 Å². The second-order valence-corrected chi connectivity index (χ2v) is 5.35. The van der Waals surface area contributed by atoms with Crippen LogP contribution in [0, 0.1) is 3.57 Å². The second-order valence-electron chi connectivity index (χ2n) is 4.11. The topological polar surface area (TPSA) is 90.9 Å². The van der Waals surface area contributed by atoms with E-state index in [9.17, 15) is 14.4 Å². The number of nitrogens with one attached hydrogen (secondary N) is 1. The Balaban J connectivity index is 3.23. The van der Waals surface area contributed by atoms with Gasteiger partial charge in [-0.25, -0.2) is 14.4 Å². The average Bonchev–Trinajstić information content (AvgIpc) is 2.54. The average molecular weight is 433 g/mol. The van der Waals surface area contributed by atoms with Crippen molar-refractivity contribution in [2.45, 2.75) is 6.92 Å². The first kappa shape index (κ1) is 18.9. The van der Waals surface area contributed by atoms with E-state index in [1.54, 1.807) is 25.1 Å². The van der Waals surface area contributed by atoms with Crippen molar-refractivity contribution >= 4 is 46.2 Å². The Morgan fingerprint density at radius 2 is 1.91 bits per heavy atom. The number of carbonyl (C=O) groups is 3. The fraction of sp³-hybridized carbons (Fsp3) is 0.267. The molecule has 0 amide bonds. The molecule has 0 aromatic heterocycles. The van der Waals surface area contributed by atoms with E-state index < -0.39 is 17.9 Å². The summed E-state index contributed by atoms with van der Waals surface area (Å²) in [5.74, 6) is -2.05. The third-order valence-corrected chi connectivity index (χ3v) is 3.29. The summed E-state index contributed by atoms with van der Waals surface area (Å²) >= 11 is 2.05. The molecule has 0 saturated heterocycles. The molecule has 0 bridgehead atoms. The Labute approximate surface area is 147 Å². The first-order valence-electron chi connectivity index (χ1n) is 6.54. The van der Waals surface area contributed by atoms with Gasteiger partial charge in [-0.2, -0.15) is 0 Å². The van der Waals surface area contributed by atoms with Gasteiger partial charge in [-0.3, -0.25) is 0 Å². The van der Waals surface area contributed by atoms with Gasteiger partial charge in [-0.05, 0) is 47.7 Å². The van der Waals surface area contributed by atoms with Crippen LogP contribution in [0.4, 0.5) is 5.69 Å². The number of esters is 3. The van der Waals surface area contributed by atoms with Crippen LogP contribution in [0.2, 0.25) is 0 Å². The molecular formula is C15H16INO6. The predicted octanol–water partition coefficient (Wildman–Crippen LogP) is 2.11. The number of benzene rings is 1. The summed E-state index contributed by atoms with van der Waals surface area (Å²) in [6.07, 6.45) is 0.943. The molecule has 1 rings (SSSR count). The van der Waals surface area contributed by atoms with E-state index in [-0.39, 0.29) is 17.9 Å². The summed E-state index contributed by atoms with van der Waals surface area (Å²) in [5.41, 5.74) is 0.383. The van der Waals surface area contributed by atoms with Crippen LogP contribution >= 0.6 is 22.6 Å². The van der Waals surface area contributed by atoms with Crippen molar-refractivity contribution in [3.05, 3.63) is 39.1 Å². The number of carbonyl (C=O) groups excluding carboxylic acids is 3. The van der Waals surface area contributed by atoms with Crippen LogP contribution in [0.5, 0.6) is 0 Å². The van der Waals surface area contributed by atoms with Gasteiger partial charge >= 0.3 is 17.9 Å². The maximum atomic E-state index is 12.0. The summed E-state index contributed by atoms with van der Waals surface area (Å²) in [7, 11) is 2.36. The first-order chi connectivity index (χ1) is 10.9. The number of ether oxygens (including phenoxy) is 3. The van der Waals surface area contributed by atoms with Gasteiger partial charge in [-0.15, -0.1) is 0 Å². The van der Waals surface area contributed by atoms with Gasteiger partial charge in [0.05, 0.1) is 38.2 Å². The van der Waals surface area contributed by atoms with E-state index in [1.165, 1.54) is 14.2 Å². The minimum absolute atomic E-state index is 0.161. The van der Waals surface area contributed by atoms with Gasteiger partial charge in [0.25, 0.3) is 0 Å². The second kappa shape index (κ2) is 9.13. The van der Waals surface area contributed by atoms with E-state index in [4.69, 9.17) is 4.74 Å². The van der Waals surface area contributed by atoms with Crippen LogP contribution in [0.1, 0.15) is 17.3 Å². The van der Waals surface area contributed by atoms with Crippen molar-refractivity contribution in [3.8, 4) is 0 Å². The number of rotatable bonds is 6. The Hall–Kier alpha value is -2.10. The van der Waals surface area contributed by atoms with Crippen molar-refractivity contribution in [1.82, 2.24) is 0 Å². The van der Waals surface area contributed by atoms with E-state index in [0.717, 1.165) is 9.65 Å². The SMILES string of the molecule is CCOC(=O)c1cc(I)ccc1N/C(=C/C(=O)OC)C(=O)OC. The van der Waals surface area contributed by atoms with E-state index in [1.807, 2.05) is 22.6 Å². The lowest BCUT2D eigenvalue weighted by Crippen LogP contribution is -2.17. The summed E-state index contributed by atoms with van der Waals surface area (Å²) in [6.45, 7) is 1.90. The zero-order valence-electron chi connectivity index (χ0n) is 12.8. The molecule has 0 fully saturated rings. The van der Waals surface area contributed by atoms with Gasteiger partial charge in [0.2, 0.25) is 0 Å². The monoisotopic (exact) mass is 433 g/mol. The molecular weight excluding hydrogens is 417 g/mol. The Kier molecular flexibility index (Phi) is 7.52. The van der Waals surface area contributed by atoms with Crippen molar-refractivity contribution in [1.29, 1.82) is 0 Å². The predicted molar refractivity (Wildman–Crippen MR) is 90.9 cm³/mol. The van der Waals surface area contributed by atoms with Gasteiger partial charge in [0.15, 0.2) is 0 Å². The fourth-order valence-electron chi connectivity index (χ4n) is 1.58. The van der Waals surface area contributed by atoms with Crippen LogP contribution in [0.3, 0.4) is 0 Å². The molecule has 0 radical (unpaired) electrons. The first-order valence-corrected chi connectivity index (χ1v) is 7.62. The summed E-state index contributed by atoms with van der Waals surface area (Å²) in [6, 6.07) is 4.94. The minimum Gasteiger partial charge on any atom is -0.466 e. The van der Waals surface area contributed by atoms with E-state index >= 15 is 0 Å². The molecule has 7 nitrogen and oxygen atoms in total. The Morgan fingerprint density at radius 3 is 2.48 bits per heavy atom. The number of methoxy groups -OCH3 is 2. The molecule has 8 heteroatoms. The van der Waals surface area contributed by atoms with Crippen LogP contribution < -0.4 is 5.32 Å². The lowest BCUT2D eigenvalue weighted by molar-refractivity contribution is -0.138. The number of hydrogen-bond acceptors (Lipinski definition) is 7. The van der Waals surface area contributed by atoms with Crippen LogP contribution in [0.15, 0.2) is 30.0 Å². The molecule has 1 N–H and O–H groups in total. The highest BCUT2D eigenvalue weighted by Crippen LogP contribution is 2.22. The zero-order valence-corrected chi connectivity index (χ0v) is 15.0. The highest BCUT2D eigenvalue weighted by Gasteiger charge is 2.18. The maximum absolute atomic E-state index is 12.0. The third kappa shape index (κ3) is 5.55. The molecule has 0 aliphatic heterocycles. The normalized spacial score (nSPS) is 10.7. The minimum atomic E-state index is -0.774. The maximum Gasteiger partial charge on any atom is 0.354 e. The molecule has 0 spiro atoms. The molecule has 0 aliphatic rings. The standard InChI is InChI=1S/C15H16INO6/c1-4-23-14(19)10-7-9(16)5-6-11(10)17-12(15(20)22-3)8-13(18)21-2/h5-8,17H,4H2,1-3H3/b12-8+. The van der Waals surface area contributed by atoms with E-state index in [2.05, 4.69) is 14.8 Å². The molecule has 1 aromatic carbocycles. The Bertz CT molecular complexity index is 641. The van der Waals surface area contributed by atoms with Crippen molar-refractivity contribution in [2.24, 2.45) is 0 Å². The van der Waals surface area contributed by atoms with Crippen molar-refractivity contribution < 1.29 is 28.6 Å². The van der Waals surface area contributed by atoms with Crippen molar-refractivity contribution in [2.75, 3.05) is 26.1 Å². The molecule has 23 heavy (non-hydrogen) atoms. The quantitative estimate of drug-likeness (QED) is 0.318. The molecule has 0 atom stereocenters. The number of anilines is 1. The molecule has 0 aliphatic carbocycles. The van der Waals surface area contributed by atoms with Crippen molar-refractivity contribution in [3.63, 3.8) is 0 Å². The highest BCUT2D eigenvalue weighted by atomic mass is 127. The highest BCUT2D eigenvalue weighted by molar-refractivity contribution is 14.1. The molecule has 0 heterocycles. The third-order valence-electron chi connectivity index (χ3n) is 2.61. The van der Waals surface area contributed by atoms with Gasteiger partial charge in [0, 0.05) is 3.57 Å². The lowest BCUT2D eigenvalue weighted by Gasteiger charge is -2.13. The number of hydrogen-bond donors (Lipinski definition) is 1. The zero-order chi connectivity index (χ0) is 17.4. The number of halogens is 1. The molecule has 0 saturated carbocycles. The fourth-order valence-corrected chi connectivity index (χ4v) is 2.07. The largest absolute Gasteiger partial charge is 0.466 e. The summed E-state index contributed by atoms with van der Waals surface area (Å²) in [5, 5.41) is 2.71. The smallest absolute Gasteiger partial charge is 0.354 e. The van der Waals surface area contributed by atoms with E-state index in [0.29, 0.717) is 5.69 Å². The molecule has 1 aromatic rings.